The van der Waals surface area contributed by atoms with Gasteiger partial charge in [0.2, 0.25) is 17.8 Å². The topological polar surface area (TPSA) is 76.5 Å². The number of aromatic nitrogens is 2. The van der Waals surface area contributed by atoms with Crippen molar-refractivity contribution < 1.29 is 14.3 Å². The minimum atomic E-state index is -0.332. The van der Waals surface area contributed by atoms with E-state index in [9.17, 15) is 9.59 Å². The average molecular weight is 531 g/mol. The minimum Gasteiger partial charge on any atom is -0.497 e. The third-order valence-electron chi connectivity index (χ3n) is 6.48. The van der Waals surface area contributed by atoms with Crippen LogP contribution in [-0.2, 0) is 22.6 Å². The van der Waals surface area contributed by atoms with E-state index in [1.807, 2.05) is 126 Å². The summed E-state index contributed by atoms with van der Waals surface area (Å²) >= 11 is 0. The number of nitrogens with one attached hydrogen (secondary N) is 1. The van der Waals surface area contributed by atoms with Crippen molar-refractivity contribution in [3.8, 4) is 22.7 Å². The van der Waals surface area contributed by atoms with Gasteiger partial charge >= 0.3 is 0 Å². The summed E-state index contributed by atoms with van der Waals surface area (Å²) in [6.07, 6.45) is 2.09. The first kappa shape index (κ1) is 26.4. The Morgan fingerprint density at radius 3 is 2.02 bits per heavy atom. The van der Waals surface area contributed by atoms with Gasteiger partial charge in [-0.1, -0.05) is 78.9 Å². The SMILES string of the molecule is COc1ccc(-c2cn(-c3ccccc3)c(NC(=O)CN(Cc3ccccc3)C(=O)Cc3ccccc3)n2)cc1. The number of carbonyl (C=O) groups is 2. The Kier molecular flexibility index (Phi) is 8.32. The fourth-order valence-corrected chi connectivity index (χ4v) is 4.41. The van der Waals surface area contributed by atoms with Gasteiger partial charge in [-0.15, -0.1) is 0 Å². The van der Waals surface area contributed by atoms with Gasteiger partial charge < -0.3 is 9.64 Å². The second-order valence-electron chi connectivity index (χ2n) is 9.33. The number of rotatable bonds is 10. The summed E-state index contributed by atoms with van der Waals surface area (Å²) < 4.78 is 7.12. The van der Waals surface area contributed by atoms with E-state index in [1.165, 1.54) is 0 Å². The van der Waals surface area contributed by atoms with Gasteiger partial charge in [0.1, 0.15) is 12.3 Å². The average Bonchev–Trinajstić information content (AvgIpc) is 3.42. The lowest BCUT2D eigenvalue weighted by Gasteiger charge is -2.22. The van der Waals surface area contributed by atoms with E-state index in [1.54, 1.807) is 12.0 Å². The molecule has 0 saturated carbocycles. The number of hydrogen-bond acceptors (Lipinski definition) is 4. The number of carbonyl (C=O) groups excluding carboxylic acids is 2. The molecule has 2 amide bonds. The number of hydrogen-bond donors (Lipinski definition) is 1. The highest BCUT2D eigenvalue weighted by Crippen LogP contribution is 2.26. The highest BCUT2D eigenvalue weighted by molar-refractivity contribution is 5.94. The van der Waals surface area contributed by atoms with Crippen LogP contribution >= 0.6 is 0 Å². The molecule has 0 unspecified atom stereocenters. The third-order valence-corrected chi connectivity index (χ3v) is 6.48. The standard InChI is InChI=1S/C33H30N4O3/c1-40-29-19-17-27(18-20-29)30-23-37(28-15-9-4-10-16-28)33(34-30)35-31(38)24-36(22-26-13-7-3-8-14-26)32(39)21-25-11-5-2-6-12-25/h2-20,23H,21-22,24H2,1H3,(H,34,35,38). The van der Waals surface area contributed by atoms with Crippen LogP contribution in [0.5, 0.6) is 5.75 Å². The predicted octanol–water partition coefficient (Wildman–Crippen LogP) is 5.76. The quantitative estimate of drug-likeness (QED) is 0.249. The molecule has 5 aromatic rings. The van der Waals surface area contributed by atoms with E-state index < -0.39 is 0 Å². The minimum absolute atomic E-state index is 0.111. The second-order valence-corrected chi connectivity index (χ2v) is 9.33. The first-order valence-corrected chi connectivity index (χ1v) is 13.0. The number of amides is 2. The molecule has 7 heteroatoms. The Hall–Kier alpha value is -5.17. The maximum absolute atomic E-state index is 13.4. The Morgan fingerprint density at radius 2 is 1.40 bits per heavy atom. The molecule has 0 bridgehead atoms. The first-order chi connectivity index (χ1) is 19.6. The molecule has 0 radical (unpaired) electrons. The number of imidazole rings is 1. The van der Waals surface area contributed by atoms with Gasteiger partial charge in [-0.25, -0.2) is 4.98 Å². The summed E-state index contributed by atoms with van der Waals surface area (Å²) in [7, 11) is 1.62. The molecule has 0 fully saturated rings. The summed E-state index contributed by atoms with van der Waals surface area (Å²) in [5.74, 6) is 0.660. The molecule has 0 aliphatic rings. The molecule has 1 heterocycles. The lowest BCUT2D eigenvalue weighted by Crippen LogP contribution is -2.38. The summed E-state index contributed by atoms with van der Waals surface area (Å²) in [6.45, 7) is 0.213. The molecule has 0 aliphatic heterocycles. The maximum Gasteiger partial charge on any atom is 0.246 e. The molecule has 5 rings (SSSR count). The lowest BCUT2D eigenvalue weighted by atomic mass is 10.1. The molecule has 0 saturated heterocycles. The van der Waals surface area contributed by atoms with Crippen LogP contribution in [0, 0.1) is 0 Å². The Bertz CT molecular complexity index is 1550. The van der Waals surface area contributed by atoms with Gasteiger partial charge in [-0.3, -0.25) is 19.5 Å². The zero-order valence-electron chi connectivity index (χ0n) is 22.2. The molecule has 7 nitrogen and oxygen atoms in total. The van der Waals surface area contributed by atoms with Crippen molar-refractivity contribution in [2.75, 3.05) is 19.0 Å². The van der Waals surface area contributed by atoms with Crippen LogP contribution in [0.1, 0.15) is 11.1 Å². The third kappa shape index (κ3) is 6.63. The monoisotopic (exact) mass is 530 g/mol. The molecule has 0 atom stereocenters. The van der Waals surface area contributed by atoms with Gasteiger partial charge in [-0.05, 0) is 47.5 Å². The van der Waals surface area contributed by atoms with Crippen LogP contribution in [0.4, 0.5) is 5.95 Å². The fourth-order valence-electron chi connectivity index (χ4n) is 4.41. The number of methoxy groups -OCH3 is 1. The van der Waals surface area contributed by atoms with E-state index in [-0.39, 0.29) is 24.8 Å². The van der Waals surface area contributed by atoms with Crippen LogP contribution in [0.3, 0.4) is 0 Å². The molecule has 1 N–H and O–H groups in total. The zero-order chi connectivity index (χ0) is 27.7. The van der Waals surface area contributed by atoms with Gasteiger partial charge in [0.05, 0.1) is 19.2 Å². The maximum atomic E-state index is 13.4. The number of benzene rings is 4. The molecule has 0 spiro atoms. The molecular weight excluding hydrogens is 500 g/mol. The Morgan fingerprint density at radius 1 is 0.800 bits per heavy atom. The highest BCUT2D eigenvalue weighted by Gasteiger charge is 2.20. The number of nitrogens with zero attached hydrogens (tertiary/aromatic N) is 3. The second kappa shape index (κ2) is 12.6. The largest absolute Gasteiger partial charge is 0.497 e. The smallest absolute Gasteiger partial charge is 0.246 e. The van der Waals surface area contributed by atoms with Crippen LogP contribution in [0.25, 0.3) is 16.9 Å². The van der Waals surface area contributed by atoms with Crippen molar-refractivity contribution in [1.29, 1.82) is 0 Å². The van der Waals surface area contributed by atoms with Crippen molar-refractivity contribution in [3.63, 3.8) is 0 Å². The van der Waals surface area contributed by atoms with Gasteiger partial charge in [0.25, 0.3) is 0 Å². The number of ether oxygens (including phenoxy) is 1. The molecule has 4 aromatic carbocycles. The highest BCUT2D eigenvalue weighted by atomic mass is 16.5. The van der Waals surface area contributed by atoms with Crippen molar-refractivity contribution in [2.24, 2.45) is 0 Å². The molecule has 1 aromatic heterocycles. The van der Waals surface area contributed by atoms with Crippen LogP contribution in [0.2, 0.25) is 0 Å². The van der Waals surface area contributed by atoms with Crippen molar-refractivity contribution in [2.45, 2.75) is 13.0 Å². The number of para-hydroxylation sites is 1. The summed E-state index contributed by atoms with van der Waals surface area (Å²) in [6, 6.07) is 36.5. The van der Waals surface area contributed by atoms with Crippen LogP contribution in [0.15, 0.2) is 121 Å². The lowest BCUT2D eigenvalue weighted by molar-refractivity contribution is -0.134. The predicted molar refractivity (Wildman–Crippen MR) is 156 cm³/mol. The fraction of sp³-hybridized carbons (Fsp3) is 0.121. The van der Waals surface area contributed by atoms with E-state index in [0.29, 0.717) is 18.2 Å². The van der Waals surface area contributed by atoms with Crippen LogP contribution < -0.4 is 10.1 Å². The Balaban J connectivity index is 1.39. The summed E-state index contributed by atoms with van der Waals surface area (Å²) in [5, 5.41) is 2.95. The summed E-state index contributed by atoms with van der Waals surface area (Å²) in [5.41, 5.74) is 4.28. The molecular formula is C33H30N4O3. The van der Waals surface area contributed by atoms with Gasteiger partial charge in [0.15, 0.2) is 0 Å². The normalized spacial score (nSPS) is 10.6. The van der Waals surface area contributed by atoms with Crippen LogP contribution in [-0.4, -0.2) is 39.9 Å². The van der Waals surface area contributed by atoms with E-state index in [2.05, 4.69) is 5.32 Å². The van der Waals surface area contributed by atoms with Crippen molar-refractivity contribution >= 4 is 17.8 Å². The van der Waals surface area contributed by atoms with Crippen molar-refractivity contribution in [3.05, 3.63) is 133 Å². The molecule has 200 valence electrons. The van der Waals surface area contributed by atoms with Gasteiger partial charge in [-0.2, -0.15) is 0 Å². The summed E-state index contributed by atoms with van der Waals surface area (Å²) in [4.78, 5) is 33.1. The number of anilines is 1. The zero-order valence-corrected chi connectivity index (χ0v) is 22.2. The van der Waals surface area contributed by atoms with E-state index >= 15 is 0 Å². The Labute approximate surface area is 233 Å². The van der Waals surface area contributed by atoms with E-state index in [0.717, 1.165) is 28.1 Å². The van der Waals surface area contributed by atoms with E-state index in [4.69, 9.17) is 9.72 Å². The van der Waals surface area contributed by atoms with Crippen molar-refractivity contribution in [1.82, 2.24) is 14.5 Å². The van der Waals surface area contributed by atoms with Gasteiger partial charge in [0, 0.05) is 24.0 Å². The first-order valence-electron chi connectivity index (χ1n) is 13.0. The molecule has 0 aliphatic carbocycles. The molecule has 40 heavy (non-hydrogen) atoms.